The number of aliphatic hydroxyl groups is 1. The van der Waals surface area contributed by atoms with E-state index in [1.165, 1.54) is 0 Å². The van der Waals surface area contributed by atoms with E-state index in [0.29, 0.717) is 29.2 Å². The first kappa shape index (κ1) is 28.5. The topological polar surface area (TPSA) is 98.7 Å². The zero-order chi connectivity index (χ0) is 28.1. The average molecular weight is 635 g/mol. The Bertz CT molecular complexity index is 1260. The molecule has 2 aromatic carbocycles. The fourth-order valence-corrected chi connectivity index (χ4v) is 10.5. The van der Waals surface area contributed by atoms with Crippen molar-refractivity contribution in [1.29, 1.82) is 0 Å². The molecule has 3 aliphatic rings. The molecule has 3 fully saturated rings. The van der Waals surface area contributed by atoms with Gasteiger partial charge in [-0.1, -0.05) is 71.7 Å². The van der Waals surface area contributed by atoms with Crippen LogP contribution in [0.1, 0.15) is 32.3 Å². The van der Waals surface area contributed by atoms with Crippen LogP contribution >= 0.6 is 39.3 Å². The van der Waals surface area contributed by atoms with Crippen molar-refractivity contribution < 1.29 is 19.5 Å². The minimum absolute atomic E-state index is 0.0481. The molecule has 2 bridgehead atoms. The summed E-state index contributed by atoms with van der Waals surface area (Å²) in [4.78, 5) is 43.8. The number of thioether (sulfide) groups is 1. The molecule has 3 amide bonds. The summed E-state index contributed by atoms with van der Waals surface area (Å²) in [7, 11) is 0. The highest BCUT2D eigenvalue weighted by Crippen LogP contribution is 2.68. The Labute approximate surface area is 246 Å². The first-order chi connectivity index (χ1) is 18.6. The predicted octanol–water partition coefficient (Wildman–Crippen LogP) is 5.10. The summed E-state index contributed by atoms with van der Waals surface area (Å²) < 4.78 is -0.821. The Morgan fingerprint density at radius 1 is 1.15 bits per heavy atom. The fraction of sp³-hybridized carbons (Fsp3) is 0.483. The molecule has 0 aromatic heterocycles. The molecule has 0 aliphatic carbocycles. The number of nitrogens with zero attached hydrogens (tertiary/aromatic N) is 1. The van der Waals surface area contributed by atoms with Crippen molar-refractivity contribution in [2.75, 3.05) is 17.2 Å². The van der Waals surface area contributed by atoms with Gasteiger partial charge in [0.15, 0.2) is 0 Å². The number of benzene rings is 2. The number of nitrogens with one attached hydrogen (secondary N) is 2. The van der Waals surface area contributed by atoms with Crippen LogP contribution in [0.5, 0.6) is 0 Å². The second kappa shape index (κ2) is 11.1. The van der Waals surface area contributed by atoms with Crippen LogP contribution in [0, 0.1) is 24.7 Å². The number of hydrogen-bond donors (Lipinski definition) is 3. The summed E-state index contributed by atoms with van der Waals surface area (Å²) in [5.41, 5.74) is 1.98. The SMILES string of the molecule is Cc1cccc(Cl)c1NC(=O)C1N([C@@H](CO)CC(C)C)C(=O)[C@@H]2[C@@H](C(=O)Nc3ccccc3)[C@@H]3SC12CC3Br. The van der Waals surface area contributed by atoms with Crippen LogP contribution in [-0.4, -0.2) is 61.2 Å². The Kier molecular flexibility index (Phi) is 8.08. The Morgan fingerprint density at radius 3 is 2.51 bits per heavy atom. The number of carbonyl (C=O) groups excluding carboxylic acids is 3. The average Bonchev–Trinajstić information content (AvgIpc) is 3.48. The molecule has 1 spiro atoms. The van der Waals surface area contributed by atoms with E-state index in [2.05, 4.69) is 26.6 Å². The maximum atomic E-state index is 14.3. The van der Waals surface area contributed by atoms with Crippen LogP contribution in [0.3, 0.4) is 0 Å². The van der Waals surface area contributed by atoms with Gasteiger partial charge in [-0.05, 0) is 49.4 Å². The molecular weight excluding hydrogens is 602 g/mol. The van der Waals surface area contributed by atoms with Crippen molar-refractivity contribution in [3.05, 3.63) is 59.1 Å². The summed E-state index contributed by atoms with van der Waals surface area (Å²) in [5.74, 6) is -1.94. The molecular formula is C29H33BrClN3O4S. The van der Waals surface area contributed by atoms with Gasteiger partial charge < -0.3 is 20.6 Å². The van der Waals surface area contributed by atoms with Crippen molar-refractivity contribution in [3.8, 4) is 0 Å². The van der Waals surface area contributed by atoms with Crippen LogP contribution in [-0.2, 0) is 14.4 Å². The monoisotopic (exact) mass is 633 g/mol. The largest absolute Gasteiger partial charge is 0.394 e. The number of carbonyl (C=O) groups is 3. The number of fused-ring (bicyclic) bond motifs is 1. The minimum Gasteiger partial charge on any atom is -0.394 e. The molecule has 0 saturated carbocycles. The smallest absolute Gasteiger partial charge is 0.248 e. The molecule has 7 atom stereocenters. The van der Waals surface area contributed by atoms with E-state index in [0.717, 1.165) is 5.56 Å². The molecule has 5 rings (SSSR count). The summed E-state index contributed by atoms with van der Waals surface area (Å²) in [6.07, 6.45) is 1.09. The number of rotatable bonds is 8. The van der Waals surface area contributed by atoms with E-state index in [9.17, 15) is 19.5 Å². The van der Waals surface area contributed by atoms with Crippen molar-refractivity contribution >= 4 is 68.4 Å². The van der Waals surface area contributed by atoms with E-state index in [1.807, 2.05) is 63.2 Å². The number of anilines is 2. The number of amides is 3. The lowest BCUT2D eigenvalue weighted by molar-refractivity contribution is -0.141. The van der Waals surface area contributed by atoms with Gasteiger partial charge in [-0.2, -0.15) is 0 Å². The number of aryl methyl sites for hydroxylation is 1. The van der Waals surface area contributed by atoms with E-state index in [-0.39, 0.29) is 40.3 Å². The quantitative estimate of drug-likeness (QED) is 0.351. The van der Waals surface area contributed by atoms with Gasteiger partial charge in [0, 0.05) is 15.8 Å². The van der Waals surface area contributed by atoms with Crippen LogP contribution in [0.2, 0.25) is 5.02 Å². The maximum Gasteiger partial charge on any atom is 0.248 e. The van der Waals surface area contributed by atoms with Gasteiger partial charge in [-0.25, -0.2) is 0 Å². The number of likely N-dealkylation sites (tertiary alicyclic amines) is 1. The third kappa shape index (κ3) is 4.89. The zero-order valence-electron chi connectivity index (χ0n) is 22.1. The van der Waals surface area contributed by atoms with Crippen molar-refractivity contribution in [2.45, 2.75) is 60.5 Å². The Balaban J connectivity index is 1.56. The molecule has 3 unspecified atom stereocenters. The molecule has 39 heavy (non-hydrogen) atoms. The van der Waals surface area contributed by atoms with Gasteiger partial charge in [-0.3, -0.25) is 14.4 Å². The number of hydrogen-bond acceptors (Lipinski definition) is 5. The number of alkyl halides is 1. The lowest BCUT2D eigenvalue weighted by Gasteiger charge is -2.38. The predicted molar refractivity (Wildman–Crippen MR) is 159 cm³/mol. The second-order valence-corrected chi connectivity index (χ2v) is 14.3. The third-order valence-corrected chi connectivity index (χ3v) is 11.7. The lowest BCUT2D eigenvalue weighted by atomic mass is 9.70. The Hall–Kier alpha value is -2.07. The Morgan fingerprint density at radius 2 is 1.87 bits per heavy atom. The van der Waals surface area contributed by atoms with E-state index >= 15 is 0 Å². The van der Waals surface area contributed by atoms with Crippen LogP contribution in [0.4, 0.5) is 11.4 Å². The van der Waals surface area contributed by atoms with Gasteiger partial charge in [0.2, 0.25) is 17.7 Å². The molecule has 7 nitrogen and oxygen atoms in total. The van der Waals surface area contributed by atoms with Crippen LogP contribution in [0.15, 0.2) is 48.5 Å². The molecule has 2 aromatic rings. The second-order valence-electron chi connectivity index (χ2n) is 11.2. The van der Waals surface area contributed by atoms with Gasteiger partial charge in [0.1, 0.15) is 6.04 Å². The zero-order valence-corrected chi connectivity index (χ0v) is 25.2. The van der Waals surface area contributed by atoms with Crippen LogP contribution < -0.4 is 10.6 Å². The molecule has 10 heteroatoms. The molecule has 208 valence electrons. The highest BCUT2D eigenvalue weighted by atomic mass is 79.9. The standard InChI is InChI=1S/C29H33BrClN3O4S/c1-15(2)12-18(14-35)34-25(27(37)33-23-16(3)8-7-11-20(23)31)29-13-19(30)24(39-29)21(22(29)28(34)38)26(36)32-17-9-5-4-6-10-17/h4-11,15,18-19,21-22,24-25,35H,12-14H2,1-3H3,(H,32,36)(H,33,37)/t18-,19?,21-,22+,24-,25?,29?/m1/s1. The van der Waals surface area contributed by atoms with Gasteiger partial charge in [0.05, 0.1) is 39.9 Å². The molecule has 3 heterocycles. The third-order valence-electron chi connectivity index (χ3n) is 8.14. The normalized spacial score (nSPS) is 30.0. The summed E-state index contributed by atoms with van der Waals surface area (Å²) >= 11 is 11.8. The highest BCUT2D eigenvalue weighted by molar-refractivity contribution is 9.09. The van der Waals surface area contributed by atoms with Gasteiger partial charge in [-0.15, -0.1) is 11.8 Å². The van der Waals surface area contributed by atoms with Gasteiger partial charge >= 0.3 is 0 Å². The van der Waals surface area contributed by atoms with E-state index in [1.54, 1.807) is 22.7 Å². The number of aliphatic hydroxyl groups excluding tert-OH is 1. The minimum atomic E-state index is -0.869. The van der Waals surface area contributed by atoms with Crippen molar-refractivity contribution in [2.24, 2.45) is 17.8 Å². The van der Waals surface area contributed by atoms with Crippen LogP contribution in [0.25, 0.3) is 0 Å². The molecule has 3 saturated heterocycles. The fourth-order valence-electron chi connectivity index (χ4n) is 6.61. The summed E-state index contributed by atoms with van der Waals surface area (Å²) in [5, 5.41) is 16.7. The van der Waals surface area contributed by atoms with Crippen molar-refractivity contribution in [1.82, 2.24) is 4.90 Å². The van der Waals surface area contributed by atoms with Gasteiger partial charge in [0.25, 0.3) is 0 Å². The highest BCUT2D eigenvalue weighted by Gasteiger charge is 2.76. The lowest BCUT2D eigenvalue weighted by Crippen LogP contribution is -2.55. The first-order valence-corrected chi connectivity index (χ1v) is 15.4. The summed E-state index contributed by atoms with van der Waals surface area (Å²) in [6, 6.07) is 13.2. The van der Waals surface area contributed by atoms with Crippen molar-refractivity contribution in [3.63, 3.8) is 0 Å². The molecule has 3 aliphatic heterocycles. The summed E-state index contributed by atoms with van der Waals surface area (Å²) in [6.45, 7) is 5.64. The number of halogens is 2. The molecule has 0 radical (unpaired) electrons. The maximum absolute atomic E-state index is 14.3. The number of para-hydroxylation sites is 2. The molecule has 3 N–H and O–H groups in total. The van der Waals surface area contributed by atoms with E-state index < -0.39 is 28.7 Å². The van der Waals surface area contributed by atoms with E-state index in [4.69, 9.17) is 11.6 Å². The first-order valence-electron chi connectivity index (χ1n) is 13.3.